The van der Waals surface area contributed by atoms with Gasteiger partial charge < -0.3 is 10.1 Å². The number of thioether (sulfide) groups is 1. The third kappa shape index (κ3) is 5.40. The van der Waals surface area contributed by atoms with Crippen molar-refractivity contribution < 1.29 is 13.9 Å². The summed E-state index contributed by atoms with van der Waals surface area (Å²) in [4.78, 5) is 11.8. The van der Waals surface area contributed by atoms with Gasteiger partial charge in [0, 0.05) is 11.7 Å². The minimum absolute atomic E-state index is 0.285. The van der Waals surface area contributed by atoms with Crippen molar-refractivity contribution in [3.63, 3.8) is 0 Å². The number of hydrogen-bond donors (Lipinski definition) is 2. The molecule has 2 rings (SSSR count). The van der Waals surface area contributed by atoms with Crippen LogP contribution in [0.3, 0.4) is 0 Å². The zero-order valence-electron chi connectivity index (χ0n) is 13.2. The van der Waals surface area contributed by atoms with Crippen LogP contribution in [-0.2, 0) is 4.74 Å². The highest BCUT2D eigenvalue weighted by Crippen LogP contribution is 2.25. The van der Waals surface area contributed by atoms with E-state index >= 15 is 0 Å². The Morgan fingerprint density at radius 3 is 2.64 bits per heavy atom. The molecule has 1 fully saturated rings. The number of carbonyl (C=O) groups is 1. The van der Waals surface area contributed by atoms with Gasteiger partial charge in [-0.05, 0) is 63.3 Å². The van der Waals surface area contributed by atoms with Gasteiger partial charge in [0.05, 0.1) is 5.69 Å². The number of amides is 1. The maximum atomic E-state index is 13.9. The van der Waals surface area contributed by atoms with Gasteiger partial charge in [0.1, 0.15) is 11.4 Å². The highest BCUT2D eigenvalue weighted by atomic mass is 32.2. The molecule has 1 aromatic rings. The molecule has 1 aromatic carbocycles. The zero-order valence-corrected chi connectivity index (χ0v) is 14.1. The predicted molar refractivity (Wildman–Crippen MR) is 90.2 cm³/mol. The van der Waals surface area contributed by atoms with Crippen molar-refractivity contribution in [2.24, 2.45) is 0 Å². The Labute approximate surface area is 135 Å². The normalized spacial score (nSPS) is 16.2. The average Bonchev–Trinajstić information content (AvgIpc) is 2.41. The molecule has 1 heterocycles. The fraction of sp³-hybridized carbons (Fsp3) is 0.562. The molecule has 1 amide bonds. The minimum atomic E-state index is -0.565. The summed E-state index contributed by atoms with van der Waals surface area (Å²) >= 11 is 1.92. The SMILES string of the molecule is CC(C)(C)OC(=O)Nc1ccc(F)c(NC2CCSCC2)c1. The molecule has 1 aliphatic heterocycles. The van der Waals surface area contributed by atoms with Crippen LogP contribution < -0.4 is 10.6 Å². The Balaban J connectivity index is 2.01. The van der Waals surface area contributed by atoms with Crippen LogP contribution in [0.25, 0.3) is 0 Å². The van der Waals surface area contributed by atoms with E-state index in [0.717, 1.165) is 24.3 Å². The minimum Gasteiger partial charge on any atom is -0.444 e. The molecule has 0 unspecified atom stereocenters. The van der Waals surface area contributed by atoms with Crippen LogP contribution in [0.1, 0.15) is 33.6 Å². The van der Waals surface area contributed by atoms with Crippen molar-refractivity contribution in [2.45, 2.75) is 45.3 Å². The summed E-state index contributed by atoms with van der Waals surface area (Å²) in [7, 11) is 0. The van der Waals surface area contributed by atoms with E-state index in [1.807, 2.05) is 11.8 Å². The van der Waals surface area contributed by atoms with E-state index in [4.69, 9.17) is 4.74 Å². The molecule has 0 aromatic heterocycles. The number of carbonyl (C=O) groups excluding carboxylic acids is 1. The van der Waals surface area contributed by atoms with Crippen molar-refractivity contribution in [1.29, 1.82) is 0 Å². The summed E-state index contributed by atoms with van der Waals surface area (Å²) in [6.07, 6.45) is 1.50. The summed E-state index contributed by atoms with van der Waals surface area (Å²) in [6, 6.07) is 4.78. The fourth-order valence-electron chi connectivity index (χ4n) is 2.20. The molecule has 1 saturated heterocycles. The van der Waals surface area contributed by atoms with Gasteiger partial charge in [0.25, 0.3) is 0 Å². The summed E-state index contributed by atoms with van der Waals surface area (Å²) in [5.41, 5.74) is 0.374. The Bertz CT molecular complexity index is 525. The largest absolute Gasteiger partial charge is 0.444 e. The zero-order chi connectivity index (χ0) is 16.2. The first-order valence-electron chi connectivity index (χ1n) is 7.47. The second-order valence-corrected chi connectivity index (χ2v) is 7.58. The molecule has 122 valence electrons. The van der Waals surface area contributed by atoms with Gasteiger partial charge in [0.15, 0.2) is 0 Å². The van der Waals surface area contributed by atoms with Gasteiger partial charge >= 0.3 is 6.09 Å². The monoisotopic (exact) mass is 326 g/mol. The number of ether oxygens (including phenoxy) is 1. The molecule has 6 heteroatoms. The summed E-state index contributed by atoms with van der Waals surface area (Å²) < 4.78 is 19.1. The summed E-state index contributed by atoms with van der Waals surface area (Å²) in [6.45, 7) is 5.39. The molecule has 0 bridgehead atoms. The number of benzene rings is 1. The van der Waals surface area contributed by atoms with Gasteiger partial charge in [-0.1, -0.05) is 0 Å². The highest BCUT2D eigenvalue weighted by Gasteiger charge is 2.18. The van der Waals surface area contributed by atoms with Gasteiger partial charge in [-0.3, -0.25) is 5.32 Å². The third-order valence-electron chi connectivity index (χ3n) is 3.19. The van der Waals surface area contributed by atoms with E-state index in [9.17, 15) is 9.18 Å². The lowest BCUT2D eigenvalue weighted by atomic mass is 10.1. The van der Waals surface area contributed by atoms with Crippen LogP contribution in [0, 0.1) is 5.82 Å². The van der Waals surface area contributed by atoms with E-state index < -0.39 is 11.7 Å². The lowest BCUT2D eigenvalue weighted by molar-refractivity contribution is 0.0636. The second kappa shape index (κ2) is 7.22. The molecule has 0 aliphatic carbocycles. The maximum absolute atomic E-state index is 13.9. The number of nitrogens with one attached hydrogen (secondary N) is 2. The van der Waals surface area contributed by atoms with Crippen molar-refractivity contribution in [3.05, 3.63) is 24.0 Å². The van der Waals surface area contributed by atoms with Crippen LogP contribution in [0.4, 0.5) is 20.6 Å². The van der Waals surface area contributed by atoms with Gasteiger partial charge in [0.2, 0.25) is 0 Å². The number of rotatable bonds is 3. The first kappa shape index (κ1) is 16.9. The highest BCUT2D eigenvalue weighted by molar-refractivity contribution is 7.99. The number of hydrogen-bond acceptors (Lipinski definition) is 4. The van der Waals surface area contributed by atoms with Crippen LogP contribution in [-0.4, -0.2) is 29.2 Å². The van der Waals surface area contributed by atoms with Crippen LogP contribution in [0.15, 0.2) is 18.2 Å². The lowest BCUT2D eigenvalue weighted by Crippen LogP contribution is -2.27. The van der Waals surface area contributed by atoms with E-state index in [-0.39, 0.29) is 11.9 Å². The van der Waals surface area contributed by atoms with Crippen LogP contribution in [0.5, 0.6) is 0 Å². The van der Waals surface area contributed by atoms with Crippen LogP contribution >= 0.6 is 11.8 Å². The molecule has 0 radical (unpaired) electrons. The lowest BCUT2D eigenvalue weighted by Gasteiger charge is -2.24. The molecule has 0 spiro atoms. The fourth-order valence-corrected chi connectivity index (χ4v) is 3.30. The summed E-state index contributed by atoms with van der Waals surface area (Å²) in [5, 5.41) is 5.86. The van der Waals surface area contributed by atoms with Crippen molar-refractivity contribution in [1.82, 2.24) is 0 Å². The quantitative estimate of drug-likeness (QED) is 0.860. The molecule has 0 saturated carbocycles. The van der Waals surface area contributed by atoms with Crippen molar-refractivity contribution >= 4 is 29.2 Å². The number of anilines is 2. The molecule has 0 atom stereocenters. The molecular formula is C16H23FN2O2S. The standard InChI is InChI=1S/C16H23FN2O2S/c1-16(2,3)21-15(20)19-12-4-5-13(17)14(10-12)18-11-6-8-22-9-7-11/h4-5,10-11,18H,6-9H2,1-3H3,(H,19,20). The van der Waals surface area contributed by atoms with Crippen molar-refractivity contribution in [3.8, 4) is 0 Å². The second-order valence-electron chi connectivity index (χ2n) is 6.35. The van der Waals surface area contributed by atoms with E-state index in [0.29, 0.717) is 11.4 Å². The first-order valence-corrected chi connectivity index (χ1v) is 8.63. The van der Waals surface area contributed by atoms with Gasteiger partial charge in [-0.2, -0.15) is 11.8 Å². The van der Waals surface area contributed by atoms with Crippen LogP contribution in [0.2, 0.25) is 0 Å². The predicted octanol–water partition coefficient (Wildman–Crippen LogP) is 4.48. The Morgan fingerprint density at radius 1 is 1.32 bits per heavy atom. The smallest absolute Gasteiger partial charge is 0.412 e. The van der Waals surface area contributed by atoms with E-state index in [1.165, 1.54) is 12.1 Å². The van der Waals surface area contributed by atoms with E-state index in [1.54, 1.807) is 26.8 Å². The Hall–Kier alpha value is -1.43. The Kier molecular flexibility index (Phi) is 5.56. The molecule has 1 aliphatic rings. The molecular weight excluding hydrogens is 303 g/mol. The third-order valence-corrected chi connectivity index (χ3v) is 4.24. The maximum Gasteiger partial charge on any atom is 0.412 e. The van der Waals surface area contributed by atoms with E-state index in [2.05, 4.69) is 10.6 Å². The van der Waals surface area contributed by atoms with Crippen molar-refractivity contribution in [2.75, 3.05) is 22.1 Å². The molecule has 2 N–H and O–H groups in total. The number of halogens is 1. The van der Waals surface area contributed by atoms with Gasteiger partial charge in [-0.15, -0.1) is 0 Å². The molecule has 4 nitrogen and oxygen atoms in total. The Morgan fingerprint density at radius 2 is 2.00 bits per heavy atom. The topological polar surface area (TPSA) is 50.4 Å². The average molecular weight is 326 g/mol. The van der Waals surface area contributed by atoms with Gasteiger partial charge in [-0.25, -0.2) is 9.18 Å². The first-order chi connectivity index (χ1) is 10.3. The molecule has 22 heavy (non-hydrogen) atoms. The summed E-state index contributed by atoms with van der Waals surface area (Å²) in [5.74, 6) is 1.87.